The van der Waals surface area contributed by atoms with Crippen LogP contribution in [0.15, 0.2) is 0 Å². The smallest absolute Gasteiger partial charge is 0.142 e. The maximum absolute atomic E-state index is 14.8. The zero-order chi connectivity index (χ0) is 33.7. The van der Waals surface area contributed by atoms with E-state index in [9.17, 15) is 28.8 Å². The fourth-order valence-corrected chi connectivity index (χ4v) is 16.3. The molecule has 0 amide bonds. The lowest BCUT2D eigenvalue weighted by Gasteiger charge is -2.54. The van der Waals surface area contributed by atoms with E-state index in [1.807, 2.05) is 0 Å². The first-order valence-corrected chi connectivity index (χ1v) is 21.1. The molecular formula is C42H54N2O6. The number of rotatable bonds is 0. The summed E-state index contributed by atoms with van der Waals surface area (Å²) in [4.78, 5) is 86.7. The second-order valence-electron chi connectivity index (χ2n) is 19.3. The molecule has 0 bridgehead atoms. The molecule has 2 saturated heterocycles. The van der Waals surface area contributed by atoms with Crippen molar-refractivity contribution in [1.82, 2.24) is 10.6 Å². The largest absolute Gasteiger partial charge is 0.309 e. The number of nitrogens with one attached hydrogen (secondary N) is 2. The fourth-order valence-electron chi connectivity index (χ4n) is 16.3. The summed E-state index contributed by atoms with van der Waals surface area (Å²) in [5, 5.41) is 8.02. The first-order chi connectivity index (χ1) is 24.3. The van der Waals surface area contributed by atoms with Crippen LogP contribution < -0.4 is 10.6 Å². The van der Waals surface area contributed by atoms with Crippen molar-refractivity contribution in [2.24, 2.45) is 94.7 Å². The van der Waals surface area contributed by atoms with Gasteiger partial charge in [-0.2, -0.15) is 0 Å². The van der Waals surface area contributed by atoms with Crippen LogP contribution in [0.4, 0.5) is 0 Å². The SMILES string of the molecule is O=C1C2CCCCC2C(=O)C2C1CCC1C2NC2C3C(=O)C4CCCCC4C(=O)C3C3NC4C(CCC5C(=O)C6CCCCC6C(=O)C54)C3C12. The molecule has 11 fully saturated rings. The van der Waals surface area contributed by atoms with Gasteiger partial charge in [-0.3, -0.25) is 28.8 Å². The van der Waals surface area contributed by atoms with E-state index in [4.69, 9.17) is 0 Å². The summed E-state index contributed by atoms with van der Waals surface area (Å²) in [6, 6.07) is -0.617. The highest BCUT2D eigenvalue weighted by molar-refractivity contribution is 6.03. The summed E-state index contributed by atoms with van der Waals surface area (Å²) < 4.78 is 0. The van der Waals surface area contributed by atoms with Gasteiger partial charge in [0.25, 0.3) is 0 Å². The van der Waals surface area contributed by atoms with E-state index in [0.717, 1.165) is 103 Å². The van der Waals surface area contributed by atoms with Crippen LogP contribution in [0.1, 0.15) is 103 Å². The summed E-state index contributed by atoms with van der Waals surface area (Å²) in [6.07, 6.45) is 14.2. The predicted molar refractivity (Wildman–Crippen MR) is 181 cm³/mol. The van der Waals surface area contributed by atoms with Gasteiger partial charge in [-0.1, -0.05) is 38.5 Å². The molecule has 268 valence electrons. The highest BCUT2D eigenvalue weighted by atomic mass is 16.2. The molecule has 8 nitrogen and oxygen atoms in total. The van der Waals surface area contributed by atoms with Crippen LogP contribution in [-0.4, -0.2) is 58.9 Å². The van der Waals surface area contributed by atoms with Crippen molar-refractivity contribution >= 4 is 34.7 Å². The molecule has 11 aliphatic rings. The quantitative estimate of drug-likeness (QED) is 0.388. The number of hydrogen-bond acceptors (Lipinski definition) is 8. The molecule has 2 N–H and O–H groups in total. The first-order valence-electron chi connectivity index (χ1n) is 21.1. The lowest BCUT2D eigenvalue weighted by Crippen LogP contribution is -2.66. The maximum Gasteiger partial charge on any atom is 0.142 e. The Hall–Kier alpha value is -2.06. The van der Waals surface area contributed by atoms with Gasteiger partial charge >= 0.3 is 0 Å². The Morgan fingerprint density at radius 2 is 0.600 bits per heavy atom. The molecule has 20 atom stereocenters. The van der Waals surface area contributed by atoms with E-state index in [0.29, 0.717) is 23.1 Å². The second kappa shape index (κ2) is 11.2. The van der Waals surface area contributed by atoms with Crippen LogP contribution in [0.3, 0.4) is 0 Å². The summed E-state index contributed by atoms with van der Waals surface area (Å²) >= 11 is 0. The molecule has 2 heterocycles. The van der Waals surface area contributed by atoms with E-state index < -0.39 is 11.8 Å². The maximum atomic E-state index is 14.8. The number of fused-ring (bicyclic) bond motifs is 17. The second-order valence-corrected chi connectivity index (χ2v) is 19.3. The Labute approximate surface area is 295 Å². The third-order valence-electron chi connectivity index (χ3n) is 17.9. The zero-order valence-electron chi connectivity index (χ0n) is 29.3. The van der Waals surface area contributed by atoms with Gasteiger partial charge in [0.05, 0.1) is 0 Å². The molecule has 0 aromatic rings. The minimum atomic E-state index is -0.427. The van der Waals surface area contributed by atoms with Crippen molar-refractivity contribution < 1.29 is 28.8 Å². The minimum absolute atomic E-state index is 0.109. The molecule has 20 unspecified atom stereocenters. The number of carbonyl (C=O) groups excluding carboxylic acids is 6. The molecule has 11 rings (SSSR count). The van der Waals surface area contributed by atoms with Gasteiger partial charge in [-0.05, 0) is 87.9 Å². The highest BCUT2D eigenvalue weighted by Gasteiger charge is 2.72. The van der Waals surface area contributed by atoms with Crippen LogP contribution in [0, 0.1) is 94.7 Å². The third kappa shape index (κ3) is 3.97. The predicted octanol–water partition coefficient (Wildman–Crippen LogP) is 4.31. The monoisotopic (exact) mass is 682 g/mol. The average Bonchev–Trinajstić information content (AvgIpc) is 3.73. The molecule has 50 heavy (non-hydrogen) atoms. The summed E-state index contributed by atoms with van der Waals surface area (Å²) in [5.74, 6) is -0.598. The van der Waals surface area contributed by atoms with Gasteiger partial charge in [0.1, 0.15) is 34.7 Å². The fraction of sp³-hybridized carbons (Fsp3) is 0.857. The van der Waals surface area contributed by atoms with E-state index >= 15 is 0 Å². The van der Waals surface area contributed by atoms with Crippen LogP contribution in [0.2, 0.25) is 0 Å². The van der Waals surface area contributed by atoms with Gasteiger partial charge in [-0.15, -0.1) is 0 Å². The van der Waals surface area contributed by atoms with Gasteiger partial charge < -0.3 is 10.6 Å². The van der Waals surface area contributed by atoms with Gasteiger partial charge in [-0.25, -0.2) is 0 Å². The standard InChI is InChI=1S/C42H54N2O6/c45-37-17-7-1-3-9-19(17)39(47)29-25(37)15-13-23-27-28-24-14-16-26-30(40(48)20-10-4-2-8-18(20)38(26)46)34(24)44-36(28)32-31(35(27)43-33(23)29)41(49)21-11-5-6-12-22(21)42(32)50/h17-36,43-44H,1-16H2. The molecule has 8 heteroatoms. The van der Waals surface area contributed by atoms with Crippen LogP contribution in [-0.2, 0) is 28.8 Å². The average molecular weight is 683 g/mol. The van der Waals surface area contributed by atoms with Crippen molar-refractivity contribution in [3.63, 3.8) is 0 Å². The van der Waals surface area contributed by atoms with Crippen molar-refractivity contribution in [2.45, 2.75) is 127 Å². The Balaban J connectivity index is 1.000. The molecular weight excluding hydrogens is 628 g/mol. The van der Waals surface area contributed by atoms with Gasteiger partial charge in [0.15, 0.2) is 0 Å². The Morgan fingerprint density at radius 1 is 0.300 bits per heavy atom. The van der Waals surface area contributed by atoms with E-state index in [1.165, 1.54) is 0 Å². The van der Waals surface area contributed by atoms with Crippen molar-refractivity contribution in [3.8, 4) is 0 Å². The molecule has 9 aliphatic carbocycles. The topological polar surface area (TPSA) is 126 Å². The lowest BCUT2D eigenvalue weighted by atomic mass is 9.48. The van der Waals surface area contributed by atoms with Crippen LogP contribution >= 0.6 is 0 Å². The van der Waals surface area contributed by atoms with E-state index in [-0.39, 0.29) is 119 Å². The molecule has 9 saturated carbocycles. The van der Waals surface area contributed by atoms with Gasteiger partial charge in [0.2, 0.25) is 0 Å². The lowest BCUT2D eigenvalue weighted by molar-refractivity contribution is -0.157. The zero-order valence-corrected chi connectivity index (χ0v) is 29.3. The van der Waals surface area contributed by atoms with Crippen LogP contribution in [0.5, 0.6) is 0 Å². The Bertz CT molecular complexity index is 1460. The number of carbonyl (C=O) groups is 6. The van der Waals surface area contributed by atoms with E-state index in [1.54, 1.807) is 0 Å². The molecule has 0 aromatic carbocycles. The van der Waals surface area contributed by atoms with Crippen molar-refractivity contribution in [3.05, 3.63) is 0 Å². The van der Waals surface area contributed by atoms with Gasteiger partial charge in [0, 0.05) is 95.2 Å². The Kier molecular flexibility index (Phi) is 7.06. The van der Waals surface area contributed by atoms with E-state index in [2.05, 4.69) is 10.6 Å². The molecule has 2 aliphatic heterocycles. The minimum Gasteiger partial charge on any atom is -0.309 e. The molecule has 0 radical (unpaired) electrons. The van der Waals surface area contributed by atoms with Crippen molar-refractivity contribution in [1.29, 1.82) is 0 Å². The normalized spacial score (nSPS) is 56.4. The molecule has 0 spiro atoms. The molecule has 0 aromatic heterocycles. The number of hydrogen-bond donors (Lipinski definition) is 2. The number of Topliss-reactive ketones (excluding diaryl/α,β-unsaturated/α-hetero) is 6. The Morgan fingerprint density at radius 3 is 0.940 bits per heavy atom. The van der Waals surface area contributed by atoms with Crippen molar-refractivity contribution in [2.75, 3.05) is 0 Å². The summed E-state index contributed by atoms with van der Waals surface area (Å²) in [5.41, 5.74) is 0. The number of ketones is 6. The summed E-state index contributed by atoms with van der Waals surface area (Å²) in [7, 11) is 0. The summed E-state index contributed by atoms with van der Waals surface area (Å²) in [6.45, 7) is 0. The first kappa shape index (κ1) is 31.5. The van der Waals surface area contributed by atoms with Crippen LogP contribution in [0.25, 0.3) is 0 Å². The third-order valence-corrected chi connectivity index (χ3v) is 17.9. The highest BCUT2D eigenvalue weighted by Crippen LogP contribution is 2.63.